The van der Waals surface area contributed by atoms with E-state index in [0.717, 1.165) is 0 Å². The van der Waals surface area contributed by atoms with Crippen LogP contribution in [0.4, 0.5) is 0 Å². The Kier molecular flexibility index (Phi) is 3.75. The van der Waals surface area contributed by atoms with E-state index in [2.05, 4.69) is 25.7 Å². The number of hydrogen-bond acceptors (Lipinski definition) is 8. The van der Waals surface area contributed by atoms with Crippen molar-refractivity contribution in [1.82, 2.24) is 30.2 Å². The predicted octanol–water partition coefficient (Wildman–Crippen LogP) is -0.155. The van der Waals surface area contributed by atoms with E-state index in [1.807, 2.05) is 0 Å². The van der Waals surface area contributed by atoms with E-state index in [1.54, 1.807) is 10.8 Å². The summed E-state index contributed by atoms with van der Waals surface area (Å²) in [4.78, 5) is 39.4. The number of carbonyl (C=O) groups is 2. The first-order valence-corrected chi connectivity index (χ1v) is 7.83. The molecular formula is C15H14N6O5. The second-order valence-corrected chi connectivity index (χ2v) is 5.86. The van der Waals surface area contributed by atoms with Gasteiger partial charge in [0, 0.05) is 18.8 Å². The van der Waals surface area contributed by atoms with E-state index in [9.17, 15) is 14.4 Å². The summed E-state index contributed by atoms with van der Waals surface area (Å²) in [5.41, 5.74) is 0.220. The molecule has 1 unspecified atom stereocenters. The number of hydrogen-bond donors (Lipinski definition) is 2. The fraction of sp³-hybridized carbons (Fsp3) is 0.333. The minimum absolute atomic E-state index is 0.0553. The van der Waals surface area contributed by atoms with E-state index < -0.39 is 11.5 Å². The zero-order valence-electron chi connectivity index (χ0n) is 13.7. The van der Waals surface area contributed by atoms with Crippen LogP contribution in [0.5, 0.6) is 0 Å². The summed E-state index contributed by atoms with van der Waals surface area (Å²) in [6.07, 6.45) is 4.06. The zero-order valence-corrected chi connectivity index (χ0v) is 13.7. The zero-order chi connectivity index (χ0) is 18.3. The van der Waals surface area contributed by atoms with E-state index in [1.165, 1.54) is 13.3 Å². The molecule has 3 aliphatic rings. The number of aromatic amines is 1. The summed E-state index contributed by atoms with van der Waals surface area (Å²) in [6.45, 7) is 0.161. The fourth-order valence-electron chi connectivity index (χ4n) is 2.88. The van der Waals surface area contributed by atoms with Crippen molar-refractivity contribution in [1.29, 1.82) is 0 Å². The van der Waals surface area contributed by atoms with Crippen LogP contribution in [0.15, 0.2) is 21.7 Å². The van der Waals surface area contributed by atoms with Gasteiger partial charge in [0.1, 0.15) is 17.3 Å². The van der Waals surface area contributed by atoms with Gasteiger partial charge in [-0.15, -0.1) is 0 Å². The normalized spacial score (nSPS) is 16.8. The quantitative estimate of drug-likeness (QED) is 0.612. The van der Waals surface area contributed by atoms with Gasteiger partial charge in [0.05, 0.1) is 19.2 Å². The van der Waals surface area contributed by atoms with Crippen molar-refractivity contribution in [3.05, 3.63) is 40.0 Å². The lowest BCUT2D eigenvalue weighted by molar-refractivity contribution is -0.119. The van der Waals surface area contributed by atoms with E-state index in [-0.39, 0.29) is 35.3 Å². The maximum absolute atomic E-state index is 12.0. The van der Waals surface area contributed by atoms with Crippen LogP contribution in [0, 0.1) is 0 Å². The van der Waals surface area contributed by atoms with Gasteiger partial charge in [0.25, 0.3) is 5.56 Å². The van der Waals surface area contributed by atoms with Gasteiger partial charge in [-0.1, -0.05) is 5.16 Å². The topological polar surface area (TPSA) is 145 Å². The summed E-state index contributed by atoms with van der Waals surface area (Å²) in [5.74, 6) is 0.00403. The summed E-state index contributed by atoms with van der Waals surface area (Å²) in [5, 5.41) is 12.8. The molecule has 1 aromatic heterocycles. The van der Waals surface area contributed by atoms with Crippen molar-refractivity contribution in [2.75, 3.05) is 7.11 Å². The smallest absolute Gasteiger partial charge is 0.341 e. The first-order valence-electron chi connectivity index (χ1n) is 7.83. The molecule has 2 N–H and O–H groups in total. The molecule has 1 saturated heterocycles. The minimum Gasteiger partial charge on any atom is -0.465 e. The Balaban J connectivity index is 1.65. The van der Waals surface area contributed by atoms with Gasteiger partial charge in [0.2, 0.25) is 11.8 Å². The summed E-state index contributed by atoms with van der Waals surface area (Å²) < 4.78 is 11.5. The first-order chi connectivity index (χ1) is 12.5. The summed E-state index contributed by atoms with van der Waals surface area (Å²) in [6, 6.07) is -0.288. The number of pyridine rings is 1. The molecule has 26 heavy (non-hydrogen) atoms. The highest BCUT2D eigenvalue weighted by atomic mass is 16.5. The van der Waals surface area contributed by atoms with Crippen LogP contribution in [-0.4, -0.2) is 43.9 Å². The predicted molar refractivity (Wildman–Crippen MR) is 84.3 cm³/mol. The SMILES string of the molecule is COC(=O)c1cn(Cc2noc(C3CCC(=O)N3)n2)cc2c(=O)[nH]nc1-2. The van der Waals surface area contributed by atoms with Gasteiger partial charge < -0.3 is 19.1 Å². The van der Waals surface area contributed by atoms with E-state index in [4.69, 9.17) is 9.26 Å². The number of nitrogens with zero attached hydrogens (tertiary/aromatic N) is 4. The van der Waals surface area contributed by atoms with Gasteiger partial charge in [0.15, 0.2) is 5.82 Å². The van der Waals surface area contributed by atoms with E-state index >= 15 is 0 Å². The molecule has 0 aromatic carbocycles. The monoisotopic (exact) mass is 358 g/mol. The van der Waals surface area contributed by atoms with Crippen molar-refractivity contribution in [3.63, 3.8) is 0 Å². The number of amides is 1. The maximum Gasteiger partial charge on any atom is 0.341 e. The highest BCUT2D eigenvalue weighted by Gasteiger charge is 2.27. The first kappa shape index (κ1) is 16.0. The standard InChI is InChI=1S/C15H14N6O5/c1-25-15(24)8-5-21(4-7-12(8)18-19-13(7)23)6-10-17-14(26-20-10)9-2-3-11(22)16-9/h4-5,9H,2-3,6H2,1H3,(H,16,22)(H,19,23). The molecule has 1 amide bonds. The Morgan fingerprint density at radius 2 is 2.27 bits per heavy atom. The van der Waals surface area contributed by atoms with Gasteiger partial charge >= 0.3 is 5.97 Å². The highest BCUT2D eigenvalue weighted by molar-refractivity contribution is 5.95. The van der Waals surface area contributed by atoms with Gasteiger partial charge in [-0.3, -0.25) is 9.59 Å². The summed E-state index contributed by atoms with van der Waals surface area (Å²) in [7, 11) is 1.25. The van der Waals surface area contributed by atoms with Crippen LogP contribution in [0.1, 0.15) is 41.0 Å². The van der Waals surface area contributed by atoms with E-state index in [0.29, 0.717) is 24.6 Å². The Bertz CT molecular complexity index is 1020. The maximum atomic E-state index is 12.0. The molecule has 11 nitrogen and oxygen atoms in total. The van der Waals surface area contributed by atoms with Crippen molar-refractivity contribution in [3.8, 4) is 11.3 Å². The number of fused-ring (bicyclic) bond motifs is 1. The van der Waals surface area contributed by atoms with Crippen LogP contribution in [-0.2, 0) is 16.1 Å². The number of methoxy groups -OCH3 is 1. The third-order valence-electron chi connectivity index (χ3n) is 4.12. The Hall–Kier alpha value is -3.50. The minimum atomic E-state index is -0.613. The van der Waals surface area contributed by atoms with Crippen LogP contribution < -0.4 is 10.9 Å². The van der Waals surface area contributed by atoms with Crippen LogP contribution in [0.2, 0.25) is 0 Å². The molecule has 4 heterocycles. The average Bonchev–Trinajstić information content (AvgIpc) is 3.35. The lowest BCUT2D eigenvalue weighted by atomic mass is 10.1. The van der Waals surface area contributed by atoms with Crippen LogP contribution in [0.3, 0.4) is 0 Å². The average molecular weight is 358 g/mol. The van der Waals surface area contributed by atoms with Gasteiger partial charge in [-0.2, -0.15) is 10.1 Å². The van der Waals surface area contributed by atoms with Crippen molar-refractivity contribution >= 4 is 11.9 Å². The Morgan fingerprint density at radius 1 is 1.42 bits per heavy atom. The lowest BCUT2D eigenvalue weighted by Crippen LogP contribution is -2.18. The van der Waals surface area contributed by atoms with Crippen LogP contribution in [0.25, 0.3) is 11.3 Å². The number of ether oxygens (including phenoxy) is 1. The van der Waals surface area contributed by atoms with Crippen molar-refractivity contribution < 1.29 is 18.8 Å². The second-order valence-electron chi connectivity index (χ2n) is 5.86. The van der Waals surface area contributed by atoms with Gasteiger partial charge in [-0.25, -0.2) is 9.89 Å². The number of rotatable bonds is 4. The molecule has 0 aliphatic carbocycles. The lowest BCUT2D eigenvalue weighted by Gasteiger charge is -2.09. The molecule has 0 saturated carbocycles. The third kappa shape index (κ3) is 2.72. The highest BCUT2D eigenvalue weighted by Crippen LogP contribution is 2.23. The third-order valence-corrected chi connectivity index (χ3v) is 4.12. The number of carbonyl (C=O) groups excluding carboxylic acids is 2. The van der Waals surface area contributed by atoms with Crippen LogP contribution >= 0.6 is 0 Å². The molecule has 134 valence electrons. The largest absolute Gasteiger partial charge is 0.465 e. The number of H-pyrrole nitrogens is 1. The van der Waals surface area contributed by atoms with Gasteiger partial charge in [-0.05, 0) is 6.42 Å². The molecule has 11 heteroatoms. The van der Waals surface area contributed by atoms with Crippen molar-refractivity contribution in [2.45, 2.75) is 25.4 Å². The molecule has 1 aromatic rings. The molecule has 4 rings (SSSR count). The molecule has 0 bridgehead atoms. The molecule has 1 fully saturated rings. The second kappa shape index (κ2) is 6.10. The molecular weight excluding hydrogens is 344 g/mol. The Morgan fingerprint density at radius 3 is 3.00 bits per heavy atom. The molecule has 1 atom stereocenters. The molecule has 0 radical (unpaired) electrons. The van der Waals surface area contributed by atoms with Crippen molar-refractivity contribution in [2.24, 2.45) is 0 Å². The molecule has 0 spiro atoms. The number of aromatic nitrogens is 5. The Labute approximate surface area is 145 Å². The fourth-order valence-corrected chi connectivity index (χ4v) is 2.88. The molecule has 3 aliphatic heterocycles. The summed E-state index contributed by atoms with van der Waals surface area (Å²) >= 11 is 0. The number of nitrogens with one attached hydrogen (secondary N) is 2. The number of esters is 1.